The number of nitrogens with zero attached hydrogens (tertiary/aromatic N) is 4. The zero-order valence-electron chi connectivity index (χ0n) is 17.3. The Hall–Kier alpha value is -3.15. The van der Waals surface area contributed by atoms with Crippen molar-refractivity contribution in [3.05, 3.63) is 48.3 Å². The van der Waals surface area contributed by atoms with Crippen molar-refractivity contribution in [3.63, 3.8) is 0 Å². The molecule has 6 heteroatoms. The Morgan fingerprint density at radius 3 is 2.62 bits per heavy atom. The van der Waals surface area contributed by atoms with E-state index in [1.54, 1.807) is 12.1 Å². The molecule has 0 N–H and O–H groups in total. The first kappa shape index (κ1) is 19.2. The third kappa shape index (κ3) is 3.39. The minimum Gasteiger partial charge on any atom is -0.465 e. The van der Waals surface area contributed by atoms with Crippen LogP contribution in [0.15, 0.2) is 42.7 Å². The smallest absolute Gasteiger partial charge is 0.337 e. The number of methoxy groups -OCH3 is 1. The number of hydrogen-bond acceptors (Lipinski definition) is 4. The number of rotatable bonds is 6. The van der Waals surface area contributed by atoms with Crippen LogP contribution in [0, 0.1) is 0 Å². The summed E-state index contributed by atoms with van der Waals surface area (Å²) < 4.78 is 9.26. The molecular formula is C23H26N4O2. The molecule has 0 saturated carbocycles. The van der Waals surface area contributed by atoms with Crippen LogP contribution in [0.2, 0.25) is 0 Å². The Morgan fingerprint density at radius 1 is 1.10 bits per heavy atom. The van der Waals surface area contributed by atoms with E-state index in [0.29, 0.717) is 11.6 Å². The summed E-state index contributed by atoms with van der Waals surface area (Å²) in [4.78, 5) is 21.4. The molecule has 0 unspecified atom stereocenters. The van der Waals surface area contributed by atoms with Crippen LogP contribution < -0.4 is 0 Å². The highest BCUT2D eigenvalue weighted by molar-refractivity contribution is 5.94. The lowest BCUT2D eigenvalue weighted by Gasteiger charge is -2.10. The average molecular weight is 390 g/mol. The van der Waals surface area contributed by atoms with Crippen molar-refractivity contribution >= 4 is 28.0 Å². The number of fused-ring (bicyclic) bond motifs is 2. The summed E-state index contributed by atoms with van der Waals surface area (Å²) in [7, 11) is 1.39. The maximum absolute atomic E-state index is 11.9. The third-order valence-electron chi connectivity index (χ3n) is 5.29. The molecule has 2 aromatic carbocycles. The normalized spacial score (nSPS) is 11.6. The van der Waals surface area contributed by atoms with E-state index in [2.05, 4.69) is 53.1 Å². The van der Waals surface area contributed by atoms with Gasteiger partial charge in [-0.25, -0.2) is 14.8 Å². The molecule has 2 aromatic heterocycles. The molecule has 2 heterocycles. The molecule has 0 aliphatic rings. The molecule has 0 saturated heterocycles. The first-order chi connectivity index (χ1) is 14.0. The van der Waals surface area contributed by atoms with Gasteiger partial charge in [-0.1, -0.05) is 13.3 Å². The maximum atomic E-state index is 11.9. The molecule has 150 valence electrons. The third-order valence-corrected chi connectivity index (χ3v) is 5.29. The fourth-order valence-electron chi connectivity index (χ4n) is 3.72. The number of unbranched alkanes of at least 4 members (excludes halogenated alkanes) is 1. The van der Waals surface area contributed by atoms with Crippen molar-refractivity contribution < 1.29 is 9.53 Å². The van der Waals surface area contributed by atoms with E-state index in [4.69, 9.17) is 9.72 Å². The molecule has 0 spiro atoms. The fraction of sp³-hybridized carbons (Fsp3) is 0.348. The molecule has 0 atom stereocenters. The summed E-state index contributed by atoms with van der Waals surface area (Å²) in [6, 6.07) is 12.2. The van der Waals surface area contributed by atoms with Crippen LogP contribution in [0.25, 0.3) is 33.5 Å². The number of carbonyl (C=O) groups excluding carboxylic acids is 1. The van der Waals surface area contributed by atoms with Crippen molar-refractivity contribution in [3.8, 4) is 11.4 Å². The molecule has 0 bridgehead atoms. The monoisotopic (exact) mass is 390 g/mol. The Labute approximate surface area is 170 Å². The van der Waals surface area contributed by atoms with Crippen LogP contribution >= 0.6 is 0 Å². The Bertz CT molecular complexity index is 1190. The van der Waals surface area contributed by atoms with E-state index < -0.39 is 0 Å². The fourth-order valence-corrected chi connectivity index (χ4v) is 3.72. The first-order valence-corrected chi connectivity index (χ1v) is 10.1. The number of benzene rings is 2. The highest BCUT2D eigenvalue weighted by Crippen LogP contribution is 2.29. The minimum absolute atomic E-state index is 0.350. The van der Waals surface area contributed by atoms with Crippen LogP contribution in [0.5, 0.6) is 0 Å². The van der Waals surface area contributed by atoms with E-state index in [0.717, 1.165) is 52.8 Å². The molecule has 4 aromatic rings. The Kier molecular flexibility index (Phi) is 5.09. The molecule has 0 aliphatic heterocycles. The summed E-state index contributed by atoms with van der Waals surface area (Å²) in [5.74, 6) is 0.550. The van der Waals surface area contributed by atoms with E-state index in [9.17, 15) is 4.79 Å². The van der Waals surface area contributed by atoms with Gasteiger partial charge in [0.2, 0.25) is 0 Å². The summed E-state index contributed by atoms with van der Waals surface area (Å²) in [6.07, 6.45) is 4.04. The van der Waals surface area contributed by atoms with Gasteiger partial charge in [0.1, 0.15) is 5.82 Å². The number of aromatic nitrogens is 4. The quantitative estimate of drug-likeness (QED) is 0.423. The molecule has 6 nitrogen and oxygen atoms in total. The SMILES string of the molecule is CCCCn1c(-c2ccc3c(c2)ncn3C(C)C)nc2cc(C(=O)OC)ccc21. The van der Waals surface area contributed by atoms with Gasteiger partial charge in [-0.3, -0.25) is 0 Å². The van der Waals surface area contributed by atoms with Crippen LogP contribution in [0.1, 0.15) is 50.0 Å². The lowest BCUT2D eigenvalue weighted by Crippen LogP contribution is -2.02. The second-order valence-electron chi connectivity index (χ2n) is 7.58. The molecular weight excluding hydrogens is 364 g/mol. The molecule has 4 rings (SSSR count). The summed E-state index contributed by atoms with van der Waals surface area (Å²) in [6.45, 7) is 7.35. The van der Waals surface area contributed by atoms with E-state index >= 15 is 0 Å². The zero-order chi connectivity index (χ0) is 20.5. The van der Waals surface area contributed by atoms with Gasteiger partial charge in [0.15, 0.2) is 0 Å². The average Bonchev–Trinajstić information content (AvgIpc) is 3.31. The van der Waals surface area contributed by atoms with Crippen molar-refractivity contribution in [2.45, 2.75) is 46.2 Å². The number of hydrogen-bond donors (Lipinski definition) is 0. The number of ether oxygens (including phenoxy) is 1. The maximum Gasteiger partial charge on any atom is 0.337 e. The number of esters is 1. The van der Waals surface area contributed by atoms with Crippen LogP contribution in [0.3, 0.4) is 0 Å². The second kappa shape index (κ2) is 7.70. The predicted octanol–water partition coefficient (Wildman–Crippen LogP) is 5.22. The van der Waals surface area contributed by atoms with Crippen LogP contribution in [-0.4, -0.2) is 32.2 Å². The summed E-state index contributed by atoms with van der Waals surface area (Å²) in [5.41, 5.74) is 5.44. The van der Waals surface area contributed by atoms with Gasteiger partial charge in [-0.05, 0) is 56.7 Å². The minimum atomic E-state index is -0.350. The van der Waals surface area contributed by atoms with Gasteiger partial charge < -0.3 is 13.9 Å². The molecule has 29 heavy (non-hydrogen) atoms. The molecule has 0 fully saturated rings. The molecule has 0 amide bonds. The highest BCUT2D eigenvalue weighted by Gasteiger charge is 2.16. The van der Waals surface area contributed by atoms with E-state index in [1.165, 1.54) is 7.11 Å². The van der Waals surface area contributed by atoms with Gasteiger partial charge in [0.05, 0.1) is 41.1 Å². The lowest BCUT2D eigenvalue weighted by atomic mass is 10.1. The first-order valence-electron chi connectivity index (χ1n) is 10.1. The zero-order valence-corrected chi connectivity index (χ0v) is 17.3. The largest absolute Gasteiger partial charge is 0.465 e. The van der Waals surface area contributed by atoms with Crippen LogP contribution in [-0.2, 0) is 11.3 Å². The van der Waals surface area contributed by atoms with Gasteiger partial charge in [-0.2, -0.15) is 0 Å². The standard InChI is InChI=1S/C23H26N4O2/c1-5-6-11-26-21-10-8-17(23(28)29-4)13-19(21)25-22(26)16-7-9-20-18(12-16)24-14-27(20)15(2)3/h7-10,12-15H,5-6,11H2,1-4H3. The van der Waals surface area contributed by atoms with E-state index in [1.807, 2.05) is 12.4 Å². The highest BCUT2D eigenvalue weighted by atomic mass is 16.5. The van der Waals surface area contributed by atoms with Gasteiger partial charge in [-0.15, -0.1) is 0 Å². The van der Waals surface area contributed by atoms with Crippen molar-refractivity contribution in [2.24, 2.45) is 0 Å². The lowest BCUT2D eigenvalue weighted by molar-refractivity contribution is 0.0601. The van der Waals surface area contributed by atoms with Crippen molar-refractivity contribution in [2.75, 3.05) is 7.11 Å². The number of carbonyl (C=O) groups is 1. The molecule has 0 radical (unpaired) electrons. The topological polar surface area (TPSA) is 61.9 Å². The van der Waals surface area contributed by atoms with Crippen LogP contribution in [0.4, 0.5) is 0 Å². The van der Waals surface area contributed by atoms with Gasteiger partial charge in [0, 0.05) is 18.2 Å². The van der Waals surface area contributed by atoms with Gasteiger partial charge in [0.25, 0.3) is 0 Å². The predicted molar refractivity (Wildman–Crippen MR) is 115 cm³/mol. The van der Waals surface area contributed by atoms with Crippen molar-refractivity contribution in [1.82, 2.24) is 19.1 Å². The summed E-state index contributed by atoms with van der Waals surface area (Å²) in [5, 5.41) is 0. The number of imidazole rings is 2. The van der Waals surface area contributed by atoms with Crippen molar-refractivity contribution in [1.29, 1.82) is 0 Å². The van der Waals surface area contributed by atoms with E-state index in [-0.39, 0.29) is 5.97 Å². The van der Waals surface area contributed by atoms with Gasteiger partial charge >= 0.3 is 5.97 Å². The summed E-state index contributed by atoms with van der Waals surface area (Å²) >= 11 is 0. The Balaban J connectivity index is 1.86. The molecule has 0 aliphatic carbocycles. The Morgan fingerprint density at radius 2 is 1.90 bits per heavy atom. The second-order valence-corrected chi connectivity index (χ2v) is 7.58. The number of aryl methyl sites for hydroxylation is 1.